The van der Waals surface area contributed by atoms with Gasteiger partial charge in [-0.1, -0.05) is 0 Å². The number of furan rings is 1. The summed E-state index contributed by atoms with van der Waals surface area (Å²) in [6.07, 6.45) is 5.97. The molecule has 3 aliphatic heterocycles. The highest BCUT2D eigenvalue weighted by Gasteiger charge is 2.35. The molecule has 0 spiro atoms. The summed E-state index contributed by atoms with van der Waals surface area (Å²) in [7, 11) is 0. The van der Waals surface area contributed by atoms with Crippen molar-refractivity contribution in [2.24, 2.45) is 5.92 Å². The molecule has 1 unspecified atom stereocenters. The number of fused-ring (bicyclic) bond motifs is 3. The zero-order valence-corrected chi connectivity index (χ0v) is 12.4. The third kappa shape index (κ3) is 2.66. The van der Waals surface area contributed by atoms with E-state index in [4.69, 9.17) is 4.42 Å². The number of nitrogens with one attached hydrogen (secondary N) is 1. The standard InChI is InChI=1S/C16H20N4O2/c21-16(18-14-11-19-8-4-12(14)5-9-19)15-3-2-13(22-15)10-20-7-1-6-17-20/h1-3,6-7,12,14H,4-5,8-11H2,(H,18,21). The van der Waals surface area contributed by atoms with Crippen molar-refractivity contribution >= 4 is 5.91 Å². The molecule has 2 aromatic heterocycles. The molecule has 0 radical (unpaired) electrons. The van der Waals surface area contributed by atoms with Crippen LogP contribution in [0.25, 0.3) is 0 Å². The van der Waals surface area contributed by atoms with Crippen molar-refractivity contribution < 1.29 is 9.21 Å². The summed E-state index contributed by atoms with van der Waals surface area (Å²) in [5.41, 5.74) is 0. The van der Waals surface area contributed by atoms with Crippen molar-refractivity contribution in [1.29, 1.82) is 0 Å². The molecule has 6 nitrogen and oxygen atoms in total. The van der Waals surface area contributed by atoms with Crippen LogP contribution in [-0.4, -0.2) is 46.3 Å². The van der Waals surface area contributed by atoms with Crippen LogP contribution in [-0.2, 0) is 6.54 Å². The Hall–Kier alpha value is -2.08. The first-order valence-electron chi connectivity index (χ1n) is 7.87. The topological polar surface area (TPSA) is 63.3 Å². The number of aromatic nitrogens is 2. The van der Waals surface area contributed by atoms with Crippen molar-refractivity contribution in [3.63, 3.8) is 0 Å². The first-order chi connectivity index (χ1) is 10.8. The van der Waals surface area contributed by atoms with Gasteiger partial charge in [-0.2, -0.15) is 5.10 Å². The Bertz CT molecular complexity index is 641. The van der Waals surface area contributed by atoms with E-state index in [1.165, 1.54) is 25.9 Å². The summed E-state index contributed by atoms with van der Waals surface area (Å²) in [4.78, 5) is 14.8. The fraction of sp³-hybridized carbons (Fsp3) is 0.500. The molecule has 2 bridgehead atoms. The van der Waals surface area contributed by atoms with E-state index in [-0.39, 0.29) is 11.9 Å². The van der Waals surface area contributed by atoms with E-state index in [0.29, 0.717) is 18.2 Å². The zero-order valence-electron chi connectivity index (χ0n) is 12.4. The molecule has 1 amide bonds. The molecule has 0 aromatic carbocycles. The van der Waals surface area contributed by atoms with Crippen LogP contribution in [0.1, 0.15) is 29.2 Å². The minimum absolute atomic E-state index is 0.106. The van der Waals surface area contributed by atoms with Gasteiger partial charge in [0, 0.05) is 25.0 Å². The molecular formula is C16H20N4O2. The van der Waals surface area contributed by atoms with Crippen LogP contribution in [0.15, 0.2) is 35.0 Å². The van der Waals surface area contributed by atoms with Crippen molar-refractivity contribution in [3.8, 4) is 0 Å². The van der Waals surface area contributed by atoms with E-state index < -0.39 is 0 Å². The maximum atomic E-state index is 12.4. The van der Waals surface area contributed by atoms with E-state index in [2.05, 4.69) is 15.3 Å². The van der Waals surface area contributed by atoms with Gasteiger partial charge in [0.1, 0.15) is 5.76 Å². The molecule has 3 fully saturated rings. The van der Waals surface area contributed by atoms with Crippen molar-refractivity contribution in [1.82, 2.24) is 20.0 Å². The summed E-state index contributed by atoms with van der Waals surface area (Å²) in [6, 6.07) is 5.71. The summed E-state index contributed by atoms with van der Waals surface area (Å²) >= 11 is 0. The molecule has 5 heterocycles. The fourth-order valence-corrected chi connectivity index (χ4v) is 3.51. The average molecular weight is 300 g/mol. The zero-order chi connectivity index (χ0) is 14.9. The Labute approximate surface area is 129 Å². The molecule has 3 saturated heterocycles. The highest BCUT2D eigenvalue weighted by molar-refractivity contribution is 5.91. The maximum absolute atomic E-state index is 12.4. The van der Waals surface area contributed by atoms with Gasteiger partial charge in [0.05, 0.1) is 6.54 Å². The Kier molecular flexibility index (Phi) is 3.46. The molecule has 0 saturated carbocycles. The molecule has 3 aliphatic rings. The Morgan fingerprint density at radius 3 is 2.91 bits per heavy atom. The molecule has 2 aromatic rings. The quantitative estimate of drug-likeness (QED) is 0.926. The van der Waals surface area contributed by atoms with Crippen molar-refractivity contribution in [2.75, 3.05) is 19.6 Å². The van der Waals surface area contributed by atoms with E-state index in [9.17, 15) is 4.79 Å². The van der Waals surface area contributed by atoms with Gasteiger partial charge in [0.2, 0.25) is 0 Å². The van der Waals surface area contributed by atoms with Crippen molar-refractivity contribution in [3.05, 3.63) is 42.1 Å². The van der Waals surface area contributed by atoms with Crippen LogP contribution in [0.4, 0.5) is 0 Å². The Morgan fingerprint density at radius 2 is 2.23 bits per heavy atom. The van der Waals surface area contributed by atoms with Gasteiger partial charge in [0.15, 0.2) is 5.76 Å². The Balaban J connectivity index is 1.39. The molecular weight excluding hydrogens is 280 g/mol. The third-order valence-corrected chi connectivity index (χ3v) is 4.74. The number of hydrogen-bond acceptors (Lipinski definition) is 4. The second-order valence-electron chi connectivity index (χ2n) is 6.19. The SMILES string of the molecule is O=C(NC1CN2CCC1CC2)c1ccc(Cn2cccn2)o1. The highest BCUT2D eigenvalue weighted by Crippen LogP contribution is 2.27. The minimum atomic E-state index is -0.106. The molecule has 116 valence electrons. The molecule has 5 rings (SSSR count). The van der Waals surface area contributed by atoms with Gasteiger partial charge in [-0.25, -0.2) is 0 Å². The second kappa shape index (κ2) is 5.61. The lowest BCUT2D eigenvalue weighted by Gasteiger charge is -2.44. The number of amides is 1. The third-order valence-electron chi connectivity index (χ3n) is 4.74. The largest absolute Gasteiger partial charge is 0.454 e. The number of nitrogens with zero attached hydrogens (tertiary/aromatic N) is 3. The van der Waals surface area contributed by atoms with E-state index in [1.54, 1.807) is 16.9 Å². The highest BCUT2D eigenvalue weighted by atomic mass is 16.4. The predicted octanol–water partition coefficient (Wildman–Crippen LogP) is 1.35. The maximum Gasteiger partial charge on any atom is 0.287 e. The lowest BCUT2D eigenvalue weighted by Crippen LogP contribution is -2.57. The molecule has 6 heteroatoms. The molecule has 22 heavy (non-hydrogen) atoms. The van der Waals surface area contributed by atoms with Gasteiger partial charge in [-0.15, -0.1) is 0 Å². The lowest BCUT2D eigenvalue weighted by atomic mass is 9.84. The number of piperidine rings is 3. The molecule has 1 N–H and O–H groups in total. The summed E-state index contributed by atoms with van der Waals surface area (Å²) in [6.45, 7) is 3.86. The van der Waals surface area contributed by atoms with Gasteiger partial charge in [-0.3, -0.25) is 9.48 Å². The van der Waals surface area contributed by atoms with E-state index in [1.807, 2.05) is 18.3 Å². The lowest BCUT2D eigenvalue weighted by molar-refractivity contribution is 0.0605. The van der Waals surface area contributed by atoms with Crippen LogP contribution in [0.5, 0.6) is 0 Å². The normalized spacial score (nSPS) is 27.0. The van der Waals surface area contributed by atoms with Gasteiger partial charge < -0.3 is 14.6 Å². The summed E-state index contributed by atoms with van der Waals surface area (Å²) < 4.78 is 7.43. The molecule has 0 aliphatic carbocycles. The smallest absolute Gasteiger partial charge is 0.287 e. The number of hydrogen-bond donors (Lipinski definition) is 1. The van der Waals surface area contributed by atoms with Gasteiger partial charge in [0.25, 0.3) is 5.91 Å². The molecule has 1 atom stereocenters. The predicted molar refractivity (Wildman–Crippen MR) is 80.5 cm³/mol. The van der Waals surface area contributed by atoms with Crippen LogP contribution < -0.4 is 5.32 Å². The Morgan fingerprint density at radius 1 is 1.36 bits per heavy atom. The van der Waals surface area contributed by atoms with Gasteiger partial charge in [-0.05, 0) is 50.0 Å². The average Bonchev–Trinajstić information content (AvgIpc) is 3.21. The first kappa shape index (κ1) is 13.6. The van der Waals surface area contributed by atoms with Crippen molar-refractivity contribution in [2.45, 2.75) is 25.4 Å². The van der Waals surface area contributed by atoms with Crippen LogP contribution in [0, 0.1) is 5.92 Å². The fourth-order valence-electron chi connectivity index (χ4n) is 3.51. The van der Waals surface area contributed by atoms with Gasteiger partial charge >= 0.3 is 0 Å². The number of carbonyl (C=O) groups excluding carboxylic acids is 1. The number of rotatable bonds is 4. The summed E-state index contributed by atoms with van der Waals surface area (Å²) in [5.74, 6) is 1.64. The summed E-state index contributed by atoms with van der Waals surface area (Å²) in [5, 5.41) is 7.28. The monoisotopic (exact) mass is 300 g/mol. The first-order valence-corrected chi connectivity index (χ1v) is 7.87. The van der Waals surface area contributed by atoms with Crippen LogP contribution >= 0.6 is 0 Å². The number of carbonyl (C=O) groups is 1. The van der Waals surface area contributed by atoms with E-state index >= 15 is 0 Å². The van der Waals surface area contributed by atoms with Crippen LogP contribution in [0.2, 0.25) is 0 Å². The van der Waals surface area contributed by atoms with Crippen LogP contribution in [0.3, 0.4) is 0 Å². The van der Waals surface area contributed by atoms with E-state index in [0.717, 1.165) is 12.3 Å². The second-order valence-corrected chi connectivity index (χ2v) is 6.19. The minimum Gasteiger partial charge on any atom is -0.454 e.